The highest BCUT2D eigenvalue weighted by molar-refractivity contribution is 6.31. The summed E-state index contributed by atoms with van der Waals surface area (Å²) in [6.45, 7) is 0.790. The second-order valence-corrected chi connectivity index (χ2v) is 7.56. The lowest BCUT2D eigenvalue weighted by Crippen LogP contribution is -2.46. The molecule has 1 aliphatic heterocycles. The van der Waals surface area contributed by atoms with E-state index in [1.807, 2.05) is 0 Å². The molecule has 0 aliphatic carbocycles. The number of carbonyl (C=O) groups excluding carboxylic acids is 2. The Bertz CT molecular complexity index is 982. The molecular formula is C22H19ClF4N2O2. The zero-order valence-electron chi connectivity index (χ0n) is 16.3. The van der Waals surface area contributed by atoms with Crippen LogP contribution in [0.25, 0.3) is 6.08 Å². The van der Waals surface area contributed by atoms with Crippen LogP contribution in [0.3, 0.4) is 0 Å². The lowest BCUT2D eigenvalue weighted by molar-refractivity contribution is -0.137. The summed E-state index contributed by atoms with van der Waals surface area (Å²) in [4.78, 5) is 26.1. The van der Waals surface area contributed by atoms with Gasteiger partial charge in [0, 0.05) is 30.8 Å². The number of hydrogen-bond acceptors (Lipinski definition) is 2. The van der Waals surface area contributed by atoms with Crippen LogP contribution in [0.4, 0.5) is 17.6 Å². The predicted octanol–water partition coefficient (Wildman–Crippen LogP) is 4.93. The van der Waals surface area contributed by atoms with Crippen molar-refractivity contribution in [3.63, 3.8) is 0 Å². The van der Waals surface area contributed by atoms with Gasteiger partial charge in [-0.3, -0.25) is 9.59 Å². The van der Waals surface area contributed by atoms with Crippen LogP contribution in [-0.4, -0.2) is 35.8 Å². The third-order valence-electron chi connectivity index (χ3n) is 4.96. The molecule has 1 N–H and O–H groups in total. The van der Waals surface area contributed by atoms with Crippen molar-refractivity contribution in [2.24, 2.45) is 0 Å². The summed E-state index contributed by atoms with van der Waals surface area (Å²) in [6.07, 6.45) is -0.973. The minimum Gasteiger partial charge on any atom is -0.349 e. The van der Waals surface area contributed by atoms with Crippen molar-refractivity contribution >= 4 is 29.5 Å². The number of piperidine rings is 1. The average molecular weight is 455 g/mol. The molecule has 2 aromatic rings. The van der Waals surface area contributed by atoms with E-state index in [4.69, 9.17) is 11.6 Å². The molecular weight excluding hydrogens is 436 g/mol. The van der Waals surface area contributed by atoms with Crippen LogP contribution in [0, 0.1) is 5.82 Å². The molecule has 3 rings (SSSR count). The van der Waals surface area contributed by atoms with E-state index in [2.05, 4.69) is 5.32 Å². The summed E-state index contributed by atoms with van der Waals surface area (Å²) >= 11 is 5.60. The number of benzene rings is 2. The third-order valence-corrected chi connectivity index (χ3v) is 5.29. The van der Waals surface area contributed by atoms with E-state index < -0.39 is 22.6 Å². The van der Waals surface area contributed by atoms with E-state index in [0.717, 1.165) is 12.1 Å². The second kappa shape index (κ2) is 9.51. The van der Waals surface area contributed by atoms with Crippen LogP contribution in [0.2, 0.25) is 5.02 Å². The first-order chi connectivity index (χ1) is 14.6. The van der Waals surface area contributed by atoms with Gasteiger partial charge in [0.15, 0.2) is 0 Å². The maximum absolute atomic E-state index is 13.0. The molecule has 1 saturated heterocycles. The number of carbonyl (C=O) groups is 2. The van der Waals surface area contributed by atoms with Gasteiger partial charge in [-0.15, -0.1) is 0 Å². The Morgan fingerprint density at radius 1 is 1.06 bits per heavy atom. The smallest absolute Gasteiger partial charge is 0.349 e. The number of nitrogens with one attached hydrogen (secondary N) is 1. The molecule has 1 aliphatic rings. The van der Waals surface area contributed by atoms with Crippen molar-refractivity contribution in [1.29, 1.82) is 0 Å². The summed E-state index contributed by atoms with van der Waals surface area (Å²) in [5.41, 5.74) is -0.392. The molecule has 2 amide bonds. The molecule has 0 unspecified atom stereocenters. The van der Waals surface area contributed by atoms with Crippen LogP contribution in [0.15, 0.2) is 48.5 Å². The summed E-state index contributed by atoms with van der Waals surface area (Å²) in [5, 5.41) is 2.46. The molecule has 9 heteroatoms. The highest BCUT2D eigenvalue weighted by Crippen LogP contribution is 2.35. The highest BCUT2D eigenvalue weighted by atomic mass is 35.5. The van der Waals surface area contributed by atoms with Crippen molar-refractivity contribution in [3.05, 3.63) is 76.1 Å². The Balaban J connectivity index is 1.53. The maximum atomic E-state index is 13.0. The number of rotatable bonds is 4. The molecule has 4 nitrogen and oxygen atoms in total. The zero-order chi connectivity index (χ0) is 22.6. The van der Waals surface area contributed by atoms with Crippen LogP contribution in [0.1, 0.15) is 34.3 Å². The van der Waals surface area contributed by atoms with E-state index in [0.29, 0.717) is 31.5 Å². The molecule has 0 saturated carbocycles. The molecule has 0 radical (unpaired) electrons. The van der Waals surface area contributed by atoms with Gasteiger partial charge in [-0.05, 0) is 60.9 Å². The Morgan fingerprint density at radius 2 is 1.71 bits per heavy atom. The van der Waals surface area contributed by atoms with E-state index >= 15 is 0 Å². The standard InChI is InChI=1S/C22H19ClF4N2O2/c23-19-7-1-14(13-18(19)22(25,26)27)2-8-20(30)29-11-9-17(10-12-29)28-21(31)15-3-5-16(24)6-4-15/h1-8,13,17H,9-12H2,(H,28,31)/b8-2+. The van der Waals surface area contributed by atoms with Gasteiger partial charge in [0.05, 0.1) is 10.6 Å². The molecule has 1 fully saturated rings. The first kappa shape index (κ1) is 22.8. The average Bonchev–Trinajstić information content (AvgIpc) is 2.73. The summed E-state index contributed by atoms with van der Waals surface area (Å²) in [6, 6.07) is 8.52. The Kier molecular flexibility index (Phi) is 7.00. The first-order valence-corrected chi connectivity index (χ1v) is 9.91. The fraction of sp³-hybridized carbons (Fsp3) is 0.273. The molecule has 0 aromatic heterocycles. The summed E-state index contributed by atoms with van der Waals surface area (Å²) in [5.74, 6) is -1.07. The number of nitrogens with zero attached hydrogens (tertiary/aromatic N) is 1. The number of alkyl halides is 3. The predicted molar refractivity (Wildman–Crippen MR) is 109 cm³/mol. The van der Waals surface area contributed by atoms with Crippen molar-refractivity contribution in [1.82, 2.24) is 10.2 Å². The van der Waals surface area contributed by atoms with E-state index in [1.165, 1.54) is 42.5 Å². The van der Waals surface area contributed by atoms with Gasteiger partial charge in [0.2, 0.25) is 5.91 Å². The molecule has 164 valence electrons. The number of hydrogen-bond donors (Lipinski definition) is 1. The third kappa shape index (κ3) is 6.07. The minimum atomic E-state index is -4.58. The van der Waals surface area contributed by atoms with Gasteiger partial charge >= 0.3 is 6.18 Å². The molecule has 0 bridgehead atoms. The molecule has 2 aromatic carbocycles. The van der Waals surface area contributed by atoms with Gasteiger partial charge in [0.25, 0.3) is 5.91 Å². The Hall–Kier alpha value is -2.87. The molecule has 31 heavy (non-hydrogen) atoms. The molecule has 0 spiro atoms. The fourth-order valence-corrected chi connectivity index (χ4v) is 3.48. The number of halogens is 5. The van der Waals surface area contributed by atoms with Crippen molar-refractivity contribution in [3.8, 4) is 0 Å². The quantitative estimate of drug-likeness (QED) is 0.526. The van der Waals surface area contributed by atoms with Gasteiger partial charge in [-0.1, -0.05) is 17.7 Å². The highest BCUT2D eigenvalue weighted by Gasteiger charge is 2.33. The monoisotopic (exact) mass is 454 g/mol. The van der Waals surface area contributed by atoms with E-state index in [9.17, 15) is 27.2 Å². The van der Waals surface area contributed by atoms with Crippen molar-refractivity contribution < 1.29 is 27.2 Å². The summed E-state index contributed by atoms with van der Waals surface area (Å²) < 4.78 is 51.8. The second-order valence-electron chi connectivity index (χ2n) is 7.15. The fourth-order valence-electron chi connectivity index (χ4n) is 3.25. The van der Waals surface area contributed by atoms with Gasteiger partial charge in [0.1, 0.15) is 5.82 Å². The van der Waals surface area contributed by atoms with Crippen molar-refractivity contribution in [2.45, 2.75) is 25.1 Å². The lowest BCUT2D eigenvalue weighted by atomic mass is 10.0. The zero-order valence-corrected chi connectivity index (χ0v) is 17.0. The molecule has 0 atom stereocenters. The van der Waals surface area contributed by atoms with E-state index in [1.54, 1.807) is 4.90 Å². The van der Waals surface area contributed by atoms with Crippen LogP contribution in [0.5, 0.6) is 0 Å². The lowest BCUT2D eigenvalue weighted by Gasteiger charge is -2.31. The van der Waals surface area contributed by atoms with Gasteiger partial charge in [-0.25, -0.2) is 4.39 Å². The Morgan fingerprint density at radius 3 is 2.32 bits per heavy atom. The van der Waals surface area contributed by atoms with Gasteiger partial charge in [-0.2, -0.15) is 13.2 Å². The topological polar surface area (TPSA) is 49.4 Å². The largest absolute Gasteiger partial charge is 0.417 e. The normalized spacial score (nSPS) is 15.3. The number of likely N-dealkylation sites (tertiary alicyclic amines) is 1. The van der Waals surface area contributed by atoms with E-state index in [-0.39, 0.29) is 23.4 Å². The summed E-state index contributed by atoms with van der Waals surface area (Å²) in [7, 11) is 0. The maximum Gasteiger partial charge on any atom is 0.417 e. The van der Waals surface area contributed by atoms with Crippen molar-refractivity contribution in [2.75, 3.05) is 13.1 Å². The van der Waals surface area contributed by atoms with Gasteiger partial charge < -0.3 is 10.2 Å². The number of amides is 2. The first-order valence-electron chi connectivity index (χ1n) is 9.53. The van der Waals surface area contributed by atoms with Crippen LogP contribution >= 0.6 is 11.6 Å². The van der Waals surface area contributed by atoms with Crippen LogP contribution in [-0.2, 0) is 11.0 Å². The Labute approximate surface area is 181 Å². The minimum absolute atomic E-state index is 0.129. The molecule has 1 heterocycles. The van der Waals surface area contributed by atoms with Crippen LogP contribution < -0.4 is 5.32 Å². The SMILES string of the molecule is O=C(NC1CCN(C(=O)/C=C/c2ccc(Cl)c(C(F)(F)F)c2)CC1)c1ccc(F)cc1.